The van der Waals surface area contributed by atoms with Gasteiger partial charge in [-0.1, -0.05) is 28.1 Å². The number of methoxy groups -OCH3 is 1. The summed E-state index contributed by atoms with van der Waals surface area (Å²) < 4.78 is 17.1. The second kappa shape index (κ2) is 7.41. The number of carbonyl (C=O) groups is 1. The zero-order chi connectivity index (χ0) is 17.8. The molecule has 0 aliphatic heterocycles. The zero-order valence-electron chi connectivity index (χ0n) is 13.4. The number of hydrogen-bond acceptors (Lipinski definition) is 5. The summed E-state index contributed by atoms with van der Waals surface area (Å²) in [6.45, 7) is 0.219. The first kappa shape index (κ1) is 17.1. The van der Waals surface area contributed by atoms with E-state index in [1.807, 2.05) is 18.2 Å². The van der Waals surface area contributed by atoms with E-state index >= 15 is 0 Å². The molecule has 5 nitrogen and oxygen atoms in total. The summed E-state index contributed by atoms with van der Waals surface area (Å²) in [6, 6.07) is 12.9. The van der Waals surface area contributed by atoms with Crippen molar-refractivity contribution in [3.8, 4) is 11.8 Å². The Kier molecular flexibility index (Phi) is 5.05. The maximum atomic E-state index is 11.6. The number of rotatable bonds is 5. The van der Waals surface area contributed by atoms with E-state index in [9.17, 15) is 10.1 Å². The van der Waals surface area contributed by atoms with E-state index in [2.05, 4.69) is 22.0 Å². The lowest BCUT2D eigenvalue weighted by Crippen LogP contribution is -2.08. The van der Waals surface area contributed by atoms with E-state index in [1.165, 1.54) is 7.11 Å². The van der Waals surface area contributed by atoms with Crippen LogP contribution in [0.15, 0.2) is 51.6 Å². The third kappa shape index (κ3) is 3.67. The van der Waals surface area contributed by atoms with E-state index in [0.29, 0.717) is 16.9 Å². The van der Waals surface area contributed by atoms with Gasteiger partial charge < -0.3 is 13.9 Å². The van der Waals surface area contributed by atoms with Crippen molar-refractivity contribution in [1.82, 2.24) is 0 Å². The Balaban J connectivity index is 1.90. The molecule has 6 heteroatoms. The van der Waals surface area contributed by atoms with Crippen molar-refractivity contribution in [1.29, 1.82) is 5.26 Å². The molecule has 1 aromatic heterocycles. The molecular weight excluding hydrogens is 386 g/mol. The lowest BCUT2D eigenvalue weighted by atomic mass is 10.1. The largest absolute Gasteiger partial charge is 0.487 e. The molecule has 0 saturated carbocycles. The number of furan rings is 1. The van der Waals surface area contributed by atoms with Crippen molar-refractivity contribution in [2.45, 2.75) is 13.0 Å². The summed E-state index contributed by atoms with van der Waals surface area (Å²) in [5, 5.41) is 10.3. The van der Waals surface area contributed by atoms with Gasteiger partial charge in [0.05, 0.1) is 25.4 Å². The molecule has 0 radical (unpaired) electrons. The van der Waals surface area contributed by atoms with Crippen molar-refractivity contribution in [2.75, 3.05) is 7.11 Å². The zero-order valence-corrected chi connectivity index (χ0v) is 15.0. The number of para-hydroxylation sites is 1. The Bertz CT molecular complexity index is 971. The first-order chi connectivity index (χ1) is 12.1. The predicted molar refractivity (Wildman–Crippen MR) is 95.1 cm³/mol. The minimum atomic E-state index is -0.391. The molecular formula is C19H14BrNO4. The quantitative estimate of drug-likeness (QED) is 0.595. The van der Waals surface area contributed by atoms with Crippen LogP contribution in [0.2, 0.25) is 0 Å². The SMILES string of the molecule is COC(=O)Cc1cccc(C#N)c1OCc1coc2ccc(Br)cc12. The summed E-state index contributed by atoms with van der Waals surface area (Å²) in [5.74, 6) is -0.00243. The lowest BCUT2D eigenvalue weighted by molar-refractivity contribution is -0.139. The van der Waals surface area contributed by atoms with Gasteiger partial charge in [0, 0.05) is 21.0 Å². The second-order valence-corrected chi connectivity index (χ2v) is 6.26. The third-order valence-electron chi connectivity index (χ3n) is 3.77. The van der Waals surface area contributed by atoms with Crippen molar-refractivity contribution in [3.05, 3.63) is 63.8 Å². The second-order valence-electron chi connectivity index (χ2n) is 5.35. The average Bonchev–Trinajstić information content (AvgIpc) is 3.02. The lowest BCUT2D eigenvalue weighted by Gasteiger charge is -2.12. The summed E-state index contributed by atoms with van der Waals surface area (Å²) >= 11 is 3.44. The summed E-state index contributed by atoms with van der Waals surface area (Å²) in [7, 11) is 1.33. The van der Waals surface area contributed by atoms with Crippen LogP contribution < -0.4 is 4.74 Å². The molecule has 1 heterocycles. The fraction of sp³-hybridized carbons (Fsp3) is 0.158. The smallest absolute Gasteiger partial charge is 0.310 e. The van der Waals surface area contributed by atoms with Gasteiger partial charge in [0.15, 0.2) is 0 Å². The van der Waals surface area contributed by atoms with Crippen molar-refractivity contribution in [3.63, 3.8) is 0 Å². The van der Waals surface area contributed by atoms with E-state index in [4.69, 9.17) is 13.9 Å². The van der Waals surface area contributed by atoms with Crippen molar-refractivity contribution >= 4 is 32.9 Å². The standard InChI is InChI=1S/C19H14BrNO4/c1-23-18(22)7-12-3-2-4-13(9-21)19(12)25-11-14-10-24-17-6-5-15(20)8-16(14)17/h2-6,8,10H,7,11H2,1H3. The van der Waals surface area contributed by atoms with Gasteiger partial charge in [-0.05, 0) is 24.3 Å². The van der Waals surface area contributed by atoms with Gasteiger partial charge in [-0.25, -0.2) is 0 Å². The van der Waals surface area contributed by atoms with Crippen LogP contribution in [0.25, 0.3) is 11.0 Å². The van der Waals surface area contributed by atoms with E-state index in [0.717, 1.165) is 21.0 Å². The molecule has 0 N–H and O–H groups in total. The van der Waals surface area contributed by atoms with Gasteiger partial charge in [0.2, 0.25) is 0 Å². The Labute approximate surface area is 152 Å². The Hall–Kier alpha value is -2.78. The average molecular weight is 400 g/mol. The minimum absolute atomic E-state index is 0.0407. The molecule has 0 amide bonds. The van der Waals surface area contributed by atoms with Crippen LogP contribution in [0.5, 0.6) is 5.75 Å². The Morgan fingerprint density at radius 3 is 2.88 bits per heavy atom. The molecule has 2 aromatic carbocycles. The van der Waals surface area contributed by atoms with Gasteiger partial charge in [-0.3, -0.25) is 4.79 Å². The van der Waals surface area contributed by atoms with Crippen molar-refractivity contribution in [2.24, 2.45) is 0 Å². The highest BCUT2D eigenvalue weighted by atomic mass is 79.9. The molecule has 126 valence electrons. The summed E-state index contributed by atoms with van der Waals surface area (Å²) in [5.41, 5.74) is 2.59. The van der Waals surface area contributed by atoms with Crippen LogP contribution in [-0.2, 0) is 22.6 Å². The van der Waals surface area contributed by atoms with Gasteiger partial charge in [0.1, 0.15) is 24.0 Å². The molecule has 0 aliphatic rings. The van der Waals surface area contributed by atoms with Crippen LogP contribution in [0.4, 0.5) is 0 Å². The number of nitrogens with zero attached hydrogens (tertiary/aromatic N) is 1. The Morgan fingerprint density at radius 2 is 2.12 bits per heavy atom. The first-order valence-corrected chi connectivity index (χ1v) is 8.29. The highest BCUT2D eigenvalue weighted by Crippen LogP contribution is 2.29. The number of fused-ring (bicyclic) bond motifs is 1. The van der Waals surface area contributed by atoms with Crippen LogP contribution in [0.3, 0.4) is 0 Å². The van der Waals surface area contributed by atoms with E-state index in [1.54, 1.807) is 24.5 Å². The molecule has 0 bridgehead atoms. The number of halogens is 1. The van der Waals surface area contributed by atoms with Gasteiger partial charge in [-0.2, -0.15) is 5.26 Å². The fourth-order valence-corrected chi connectivity index (χ4v) is 2.89. The number of nitriles is 1. The van der Waals surface area contributed by atoms with Crippen LogP contribution in [0.1, 0.15) is 16.7 Å². The number of hydrogen-bond donors (Lipinski definition) is 0. The molecule has 0 aliphatic carbocycles. The molecule has 0 unspecified atom stereocenters. The molecule has 3 aromatic rings. The maximum absolute atomic E-state index is 11.6. The van der Waals surface area contributed by atoms with E-state index < -0.39 is 5.97 Å². The molecule has 0 atom stereocenters. The number of ether oxygens (including phenoxy) is 2. The fourth-order valence-electron chi connectivity index (χ4n) is 2.53. The molecule has 0 fully saturated rings. The normalized spacial score (nSPS) is 10.4. The first-order valence-electron chi connectivity index (χ1n) is 7.49. The van der Waals surface area contributed by atoms with Crippen molar-refractivity contribution < 1.29 is 18.7 Å². The minimum Gasteiger partial charge on any atom is -0.487 e. The summed E-state index contributed by atoms with van der Waals surface area (Å²) in [6.07, 6.45) is 1.67. The number of benzene rings is 2. The van der Waals surface area contributed by atoms with E-state index in [-0.39, 0.29) is 13.0 Å². The predicted octanol–water partition coefficient (Wildman–Crippen LogP) is 4.36. The highest BCUT2D eigenvalue weighted by molar-refractivity contribution is 9.10. The Morgan fingerprint density at radius 1 is 1.28 bits per heavy atom. The highest BCUT2D eigenvalue weighted by Gasteiger charge is 2.15. The molecule has 0 saturated heterocycles. The number of carbonyl (C=O) groups excluding carboxylic acids is 1. The van der Waals surface area contributed by atoms with Gasteiger partial charge >= 0.3 is 5.97 Å². The summed E-state index contributed by atoms with van der Waals surface area (Å²) in [4.78, 5) is 11.6. The monoisotopic (exact) mass is 399 g/mol. The van der Waals surface area contributed by atoms with Gasteiger partial charge in [0.25, 0.3) is 0 Å². The maximum Gasteiger partial charge on any atom is 0.310 e. The van der Waals surface area contributed by atoms with Crippen LogP contribution >= 0.6 is 15.9 Å². The molecule has 25 heavy (non-hydrogen) atoms. The van der Waals surface area contributed by atoms with Crippen LogP contribution in [0, 0.1) is 11.3 Å². The topological polar surface area (TPSA) is 72.5 Å². The van der Waals surface area contributed by atoms with Crippen LogP contribution in [-0.4, -0.2) is 13.1 Å². The molecule has 0 spiro atoms. The third-order valence-corrected chi connectivity index (χ3v) is 4.26. The molecule has 3 rings (SSSR count). The number of esters is 1. The van der Waals surface area contributed by atoms with Gasteiger partial charge in [-0.15, -0.1) is 0 Å².